The minimum atomic E-state index is -3.42. The van der Waals surface area contributed by atoms with Crippen LogP contribution in [0.4, 0.5) is 0 Å². The van der Waals surface area contributed by atoms with E-state index < -0.39 is 10.2 Å². The van der Waals surface area contributed by atoms with E-state index in [1.54, 1.807) is 0 Å². The molecule has 0 spiro atoms. The van der Waals surface area contributed by atoms with Crippen LogP contribution in [0.2, 0.25) is 0 Å². The largest absolute Gasteiger partial charge is 0.409 e. The molecule has 0 radical (unpaired) electrons. The number of hydrogen-bond acceptors (Lipinski definition) is 4. The van der Waals surface area contributed by atoms with Crippen molar-refractivity contribution >= 4 is 16.0 Å². The average molecular weight is 264 g/mol. The molecule has 0 unspecified atom stereocenters. The van der Waals surface area contributed by atoms with Crippen molar-refractivity contribution < 1.29 is 13.6 Å². The molecule has 17 heavy (non-hydrogen) atoms. The van der Waals surface area contributed by atoms with E-state index in [1.165, 1.54) is 4.31 Å². The van der Waals surface area contributed by atoms with Gasteiger partial charge in [0.25, 0.3) is 10.2 Å². The molecule has 0 atom stereocenters. The van der Waals surface area contributed by atoms with Crippen molar-refractivity contribution in [2.45, 2.75) is 26.2 Å². The van der Waals surface area contributed by atoms with Gasteiger partial charge in [0.05, 0.1) is 0 Å². The standard InChI is InChI=1S/C9H20N4O3S/c1-8-3-6-13(7-4-8)17(15,16)11-5-2-9(10)12-14/h8,11,14H,2-7H2,1H3,(H2,10,12). The fraction of sp³-hybridized carbons (Fsp3) is 0.889. The van der Waals surface area contributed by atoms with E-state index in [-0.39, 0.29) is 18.8 Å². The van der Waals surface area contributed by atoms with Crippen LogP contribution in [-0.2, 0) is 10.2 Å². The Bertz CT molecular complexity index is 360. The minimum absolute atomic E-state index is 0.0139. The summed E-state index contributed by atoms with van der Waals surface area (Å²) in [6.45, 7) is 3.38. The molecule has 0 aromatic heterocycles. The molecule has 0 aromatic carbocycles. The average Bonchev–Trinajstić information content (AvgIpc) is 2.29. The zero-order valence-electron chi connectivity index (χ0n) is 9.96. The van der Waals surface area contributed by atoms with Crippen LogP contribution in [0.3, 0.4) is 0 Å². The number of piperidine rings is 1. The number of oxime groups is 1. The lowest BCUT2D eigenvalue weighted by Crippen LogP contribution is -2.45. The maximum Gasteiger partial charge on any atom is 0.279 e. The fourth-order valence-electron chi connectivity index (χ4n) is 1.67. The summed E-state index contributed by atoms with van der Waals surface area (Å²) in [5, 5.41) is 11.1. The summed E-state index contributed by atoms with van der Waals surface area (Å²) in [5.74, 6) is 0.596. The second-order valence-corrected chi connectivity index (χ2v) is 6.08. The van der Waals surface area contributed by atoms with Gasteiger partial charge in [0.15, 0.2) is 0 Å². The molecule has 8 heteroatoms. The van der Waals surface area contributed by atoms with E-state index >= 15 is 0 Å². The first-order chi connectivity index (χ1) is 7.95. The summed E-state index contributed by atoms with van der Waals surface area (Å²) >= 11 is 0. The summed E-state index contributed by atoms with van der Waals surface area (Å²) in [4.78, 5) is 0. The van der Waals surface area contributed by atoms with Gasteiger partial charge in [-0.2, -0.15) is 12.7 Å². The van der Waals surface area contributed by atoms with E-state index in [9.17, 15) is 8.42 Å². The highest BCUT2D eigenvalue weighted by Crippen LogP contribution is 2.17. The van der Waals surface area contributed by atoms with Gasteiger partial charge < -0.3 is 10.9 Å². The number of rotatable bonds is 5. The minimum Gasteiger partial charge on any atom is -0.409 e. The van der Waals surface area contributed by atoms with E-state index in [1.807, 2.05) is 0 Å². The normalized spacial score (nSPS) is 20.6. The second-order valence-electron chi connectivity index (χ2n) is 4.32. The molecule has 0 aromatic rings. The van der Waals surface area contributed by atoms with Crippen molar-refractivity contribution in [3.63, 3.8) is 0 Å². The van der Waals surface area contributed by atoms with Crippen LogP contribution in [0.5, 0.6) is 0 Å². The summed E-state index contributed by atoms with van der Waals surface area (Å²) in [7, 11) is -3.42. The molecule has 100 valence electrons. The van der Waals surface area contributed by atoms with E-state index in [0.717, 1.165) is 12.8 Å². The first kappa shape index (κ1) is 14.2. The molecule has 0 amide bonds. The number of nitrogens with two attached hydrogens (primary N) is 1. The van der Waals surface area contributed by atoms with Crippen LogP contribution in [0, 0.1) is 5.92 Å². The molecule has 1 rings (SSSR count). The molecule has 1 fully saturated rings. The molecule has 0 aliphatic carbocycles. The molecule has 1 aliphatic heterocycles. The Morgan fingerprint density at radius 1 is 1.53 bits per heavy atom. The summed E-state index contributed by atoms with van der Waals surface area (Å²) in [6.07, 6.45) is 1.97. The van der Waals surface area contributed by atoms with Crippen molar-refractivity contribution in [1.82, 2.24) is 9.03 Å². The SMILES string of the molecule is CC1CCN(S(=O)(=O)NCCC(N)=NO)CC1. The zero-order valence-corrected chi connectivity index (χ0v) is 10.8. The summed E-state index contributed by atoms with van der Waals surface area (Å²) in [6, 6.07) is 0. The Kier molecular flexibility index (Phi) is 5.16. The van der Waals surface area contributed by atoms with Crippen LogP contribution in [0.1, 0.15) is 26.2 Å². The van der Waals surface area contributed by atoms with Gasteiger partial charge >= 0.3 is 0 Å². The molecule has 0 bridgehead atoms. The molecular weight excluding hydrogens is 244 g/mol. The van der Waals surface area contributed by atoms with Crippen molar-refractivity contribution in [1.29, 1.82) is 0 Å². The maximum absolute atomic E-state index is 11.8. The highest BCUT2D eigenvalue weighted by molar-refractivity contribution is 7.87. The van der Waals surface area contributed by atoms with Crippen LogP contribution in [-0.4, -0.2) is 43.4 Å². The molecule has 1 heterocycles. The third-order valence-electron chi connectivity index (χ3n) is 2.88. The van der Waals surface area contributed by atoms with Gasteiger partial charge in [-0.05, 0) is 18.8 Å². The third-order valence-corrected chi connectivity index (χ3v) is 4.49. The Morgan fingerprint density at radius 3 is 2.65 bits per heavy atom. The van der Waals surface area contributed by atoms with Gasteiger partial charge in [0.2, 0.25) is 0 Å². The molecular formula is C9H20N4O3S. The first-order valence-corrected chi connectivity index (χ1v) is 7.11. The molecule has 4 N–H and O–H groups in total. The number of hydrogen-bond donors (Lipinski definition) is 3. The summed E-state index contributed by atoms with van der Waals surface area (Å²) < 4.78 is 27.5. The van der Waals surface area contributed by atoms with Gasteiger partial charge in [-0.15, -0.1) is 0 Å². The lowest BCUT2D eigenvalue weighted by molar-refractivity contribution is 0.285. The van der Waals surface area contributed by atoms with Crippen molar-refractivity contribution in [2.75, 3.05) is 19.6 Å². The molecule has 7 nitrogen and oxygen atoms in total. The Labute approximate surface area is 102 Å². The van der Waals surface area contributed by atoms with E-state index in [0.29, 0.717) is 19.0 Å². The molecule has 1 aliphatic rings. The monoisotopic (exact) mass is 264 g/mol. The number of nitrogens with one attached hydrogen (secondary N) is 1. The lowest BCUT2D eigenvalue weighted by Gasteiger charge is -2.29. The lowest BCUT2D eigenvalue weighted by atomic mass is 10.0. The third kappa shape index (κ3) is 4.49. The fourth-order valence-corrected chi connectivity index (χ4v) is 2.91. The Balaban J connectivity index is 2.40. The van der Waals surface area contributed by atoms with Gasteiger partial charge in [-0.25, -0.2) is 4.72 Å². The van der Waals surface area contributed by atoms with Gasteiger partial charge in [0.1, 0.15) is 5.84 Å². The highest BCUT2D eigenvalue weighted by Gasteiger charge is 2.25. The van der Waals surface area contributed by atoms with Gasteiger partial charge in [-0.1, -0.05) is 12.1 Å². The quantitative estimate of drug-likeness (QED) is 0.274. The van der Waals surface area contributed by atoms with Crippen molar-refractivity contribution in [3.05, 3.63) is 0 Å². The molecule has 0 saturated carbocycles. The predicted octanol–water partition coefficient (Wildman–Crippen LogP) is -0.311. The van der Waals surface area contributed by atoms with Crippen LogP contribution >= 0.6 is 0 Å². The molecule has 1 saturated heterocycles. The zero-order chi connectivity index (χ0) is 12.9. The predicted molar refractivity (Wildman–Crippen MR) is 64.9 cm³/mol. The van der Waals surface area contributed by atoms with Crippen LogP contribution in [0.15, 0.2) is 5.16 Å². The second kappa shape index (κ2) is 6.18. The van der Waals surface area contributed by atoms with Gasteiger partial charge in [0, 0.05) is 26.1 Å². The highest BCUT2D eigenvalue weighted by atomic mass is 32.2. The Morgan fingerprint density at radius 2 is 2.12 bits per heavy atom. The summed E-state index contributed by atoms with van der Waals surface area (Å²) in [5.41, 5.74) is 5.25. The topological polar surface area (TPSA) is 108 Å². The van der Waals surface area contributed by atoms with Gasteiger partial charge in [-0.3, -0.25) is 0 Å². The van der Waals surface area contributed by atoms with E-state index in [4.69, 9.17) is 10.9 Å². The Hall–Kier alpha value is -0.860. The van der Waals surface area contributed by atoms with E-state index in [2.05, 4.69) is 16.8 Å². The first-order valence-electron chi connectivity index (χ1n) is 5.67. The number of amidine groups is 1. The smallest absolute Gasteiger partial charge is 0.279 e. The van der Waals surface area contributed by atoms with Crippen LogP contribution < -0.4 is 10.5 Å². The van der Waals surface area contributed by atoms with Crippen LogP contribution in [0.25, 0.3) is 0 Å². The maximum atomic E-state index is 11.8. The number of nitrogens with zero attached hydrogens (tertiary/aromatic N) is 2. The van der Waals surface area contributed by atoms with Crippen molar-refractivity contribution in [2.24, 2.45) is 16.8 Å². The van der Waals surface area contributed by atoms with Crippen molar-refractivity contribution in [3.8, 4) is 0 Å².